The second-order valence-corrected chi connectivity index (χ2v) is 3.52. The number of hydrazine groups is 1. The fraction of sp³-hybridized carbons (Fsp3) is 0. The number of hydrogen-bond donors (Lipinski definition) is 2. The minimum Gasteiger partial charge on any atom is -0.305 e. The van der Waals surface area contributed by atoms with Crippen molar-refractivity contribution in [1.29, 1.82) is 0 Å². The van der Waals surface area contributed by atoms with Crippen molar-refractivity contribution in [2.24, 2.45) is 0 Å². The van der Waals surface area contributed by atoms with Crippen LogP contribution in [0.3, 0.4) is 0 Å². The number of hydrogen-bond acceptors (Lipinski definition) is 4. The van der Waals surface area contributed by atoms with Crippen LogP contribution in [0, 0.1) is 0 Å². The second-order valence-electron chi connectivity index (χ2n) is 3.52. The topological polar surface area (TPSA) is 71.1 Å². The predicted octanol–water partition coefficient (Wildman–Crippen LogP) is 0.895. The van der Waals surface area contributed by atoms with E-state index >= 15 is 0 Å². The summed E-state index contributed by atoms with van der Waals surface area (Å²) < 4.78 is 0. The van der Waals surface area contributed by atoms with E-state index in [9.17, 15) is 9.59 Å². The SMILES string of the molecule is O=C1C=CC=CC1=CNNC(=O)c1ccncc1. The molecule has 1 aliphatic rings. The van der Waals surface area contributed by atoms with Crippen LogP contribution in [0.2, 0.25) is 0 Å². The van der Waals surface area contributed by atoms with E-state index in [4.69, 9.17) is 0 Å². The Bertz CT molecular complexity index is 545. The Morgan fingerprint density at radius 1 is 1.17 bits per heavy atom. The van der Waals surface area contributed by atoms with Crippen molar-refractivity contribution in [2.45, 2.75) is 0 Å². The third-order valence-corrected chi connectivity index (χ3v) is 2.27. The van der Waals surface area contributed by atoms with Gasteiger partial charge in [0.2, 0.25) is 0 Å². The summed E-state index contributed by atoms with van der Waals surface area (Å²) in [7, 11) is 0. The van der Waals surface area contributed by atoms with E-state index in [0.29, 0.717) is 11.1 Å². The van der Waals surface area contributed by atoms with Crippen molar-refractivity contribution in [3.63, 3.8) is 0 Å². The average Bonchev–Trinajstić information content (AvgIpc) is 2.42. The van der Waals surface area contributed by atoms with Gasteiger partial charge in [-0.25, -0.2) is 0 Å². The maximum atomic E-state index is 11.6. The van der Waals surface area contributed by atoms with Gasteiger partial charge in [-0.15, -0.1) is 0 Å². The smallest absolute Gasteiger partial charge is 0.269 e. The molecule has 90 valence electrons. The van der Waals surface area contributed by atoms with Gasteiger partial charge in [0, 0.05) is 29.7 Å². The Kier molecular flexibility index (Phi) is 3.66. The number of ketones is 1. The number of nitrogens with one attached hydrogen (secondary N) is 2. The summed E-state index contributed by atoms with van der Waals surface area (Å²) in [6.07, 6.45) is 11.0. The van der Waals surface area contributed by atoms with Crippen LogP contribution in [0.25, 0.3) is 0 Å². The van der Waals surface area contributed by atoms with Crippen LogP contribution in [0.5, 0.6) is 0 Å². The van der Waals surface area contributed by atoms with Gasteiger partial charge in [0.1, 0.15) is 0 Å². The maximum Gasteiger partial charge on any atom is 0.269 e. The lowest BCUT2D eigenvalue weighted by molar-refractivity contribution is -0.111. The number of allylic oxidation sites excluding steroid dienone is 5. The molecule has 5 heteroatoms. The molecule has 0 unspecified atom stereocenters. The number of nitrogens with zero attached hydrogens (tertiary/aromatic N) is 1. The van der Waals surface area contributed by atoms with Gasteiger partial charge < -0.3 is 5.43 Å². The molecule has 1 aromatic heterocycles. The van der Waals surface area contributed by atoms with Crippen molar-refractivity contribution < 1.29 is 9.59 Å². The fourth-order valence-corrected chi connectivity index (χ4v) is 1.35. The molecule has 0 saturated carbocycles. The van der Waals surface area contributed by atoms with Gasteiger partial charge in [0.15, 0.2) is 5.78 Å². The van der Waals surface area contributed by atoms with Crippen LogP contribution in [0.1, 0.15) is 10.4 Å². The van der Waals surface area contributed by atoms with Crippen LogP contribution in [0.4, 0.5) is 0 Å². The Hall–Kier alpha value is -2.69. The van der Waals surface area contributed by atoms with Crippen molar-refractivity contribution in [3.8, 4) is 0 Å². The third kappa shape index (κ3) is 2.91. The molecule has 0 radical (unpaired) electrons. The number of carbonyl (C=O) groups excluding carboxylic acids is 2. The van der Waals surface area contributed by atoms with E-state index in [0.717, 1.165) is 0 Å². The molecule has 0 fully saturated rings. The van der Waals surface area contributed by atoms with E-state index in [-0.39, 0.29) is 11.7 Å². The Morgan fingerprint density at radius 3 is 2.61 bits per heavy atom. The molecule has 2 N–H and O–H groups in total. The number of carbonyl (C=O) groups is 2. The highest BCUT2D eigenvalue weighted by atomic mass is 16.2. The van der Waals surface area contributed by atoms with E-state index in [1.807, 2.05) is 0 Å². The van der Waals surface area contributed by atoms with E-state index < -0.39 is 0 Å². The number of aromatic nitrogens is 1. The molecule has 0 saturated heterocycles. The molecule has 1 amide bonds. The monoisotopic (exact) mass is 241 g/mol. The van der Waals surface area contributed by atoms with Crippen LogP contribution in [-0.4, -0.2) is 16.7 Å². The molecule has 1 aromatic rings. The first kappa shape index (κ1) is 11.8. The summed E-state index contributed by atoms with van der Waals surface area (Å²) in [6, 6.07) is 3.19. The zero-order valence-electron chi connectivity index (χ0n) is 9.46. The molecule has 2 rings (SSSR count). The summed E-state index contributed by atoms with van der Waals surface area (Å²) in [6.45, 7) is 0. The molecule has 0 spiro atoms. The Balaban J connectivity index is 1.91. The molecule has 5 nitrogen and oxygen atoms in total. The standard InChI is InChI=1S/C13H11N3O2/c17-12-4-2-1-3-11(12)9-15-16-13(18)10-5-7-14-8-6-10/h1-9,15H,(H,16,18). The van der Waals surface area contributed by atoms with Gasteiger partial charge in [0.25, 0.3) is 5.91 Å². The van der Waals surface area contributed by atoms with Crippen LogP contribution < -0.4 is 10.9 Å². The zero-order chi connectivity index (χ0) is 12.8. The highest BCUT2D eigenvalue weighted by Crippen LogP contribution is 2.04. The van der Waals surface area contributed by atoms with Gasteiger partial charge in [-0.1, -0.05) is 12.2 Å². The summed E-state index contributed by atoms with van der Waals surface area (Å²) in [4.78, 5) is 26.8. The van der Waals surface area contributed by atoms with Gasteiger partial charge in [0.05, 0.1) is 0 Å². The lowest BCUT2D eigenvalue weighted by atomic mass is 10.1. The van der Waals surface area contributed by atoms with Crippen molar-refractivity contribution in [1.82, 2.24) is 15.8 Å². The molecule has 1 heterocycles. The van der Waals surface area contributed by atoms with Crippen molar-refractivity contribution in [2.75, 3.05) is 0 Å². The number of amides is 1. The molecular formula is C13H11N3O2. The predicted molar refractivity (Wildman–Crippen MR) is 66.2 cm³/mol. The molecule has 0 aromatic carbocycles. The van der Waals surface area contributed by atoms with Gasteiger partial charge >= 0.3 is 0 Å². The Labute approximate surface area is 104 Å². The lowest BCUT2D eigenvalue weighted by Gasteiger charge is -2.06. The molecule has 0 atom stereocenters. The van der Waals surface area contributed by atoms with Crippen LogP contribution in [0.15, 0.2) is 60.6 Å². The van der Waals surface area contributed by atoms with E-state index in [1.54, 1.807) is 30.4 Å². The largest absolute Gasteiger partial charge is 0.305 e. The highest BCUT2D eigenvalue weighted by Gasteiger charge is 2.06. The Morgan fingerprint density at radius 2 is 1.89 bits per heavy atom. The molecule has 1 aliphatic carbocycles. The minimum atomic E-state index is -0.294. The average molecular weight is 241 g/mol. The fourth-order valence-electron chi connectivity index (χ4n) is 1.35. The zero-order valence-corrected chi connectivity index (χ0v) is 9.46. The number of pyridine rings is 1. The second kappa shape index (κ2) is 5.58. The minimum absolute atomic E-state index is 0.108. The van der Waals surface area contributed by atoms with Crippen LogP contribution in [-0.2, 0) is 4.79 Å². The maximum absolute atomic E-state index is 11.6. The quantitative estimate of drug-likeness (QED) is 0.609. The first-order valence-electron chi connectivity index (χ1n) is 5.32. The number of rotatable bonds is 3. The molecule has 0 bridgehead atoms. The molecule has 18 heavy (non-hydrogen) atoms. The normalized spacial score (nSPS) is 15.8. The summed E-state index contributed by atoms with van der Waals surface area (Å²) >= 11 is 0. The molecular weight excluding hydrogens is 230 g/mol. The van der Waals surface area contributed by atoms with Gasteiger partial charge in [-0.3, -0.25) is 20.0 Å². The highest BCUT2D eigenvalue weighted by molar-refractivity contribution is 6.07. The first-order valence-corrected chi connectivity index (χ1v) is 5.32. The van der Waals surface area contributed by atoms with Gasteiger partial charge in [-0.2, -0.15) is 0 Å². The summed E-state index contributed by atoms with van der Waals surface area (Å²) in [5.41, 5.74) is 6.03. The van der Waals surface area contributed by atoms with E-state index in [1.165, 1.54) is 24.7 Å². The summed E-state index contributed by atoms with van der Waals surface area (Å²) in [5.74, 6) is -0.403. The third-order valence-electron chi connectivity index (χ3n) is 2.27. The first-order chi connectivity index (χ1) is 8.77. The summed E-state index contributed by atoms with van der Waals surface area (Å²) in [5, 5.41) is 0. The van der Waals surface area contributed by atoms with E-state index in [2.05, 4.69) is 15.8 Å². The van der Waals surface area contributed by atoms with Crippen molar-refractivity contribution >= 4 is 11.7 Å². The molecule has 0 aliphatic heterocycles. The van der Waals surface area contributed by atoms with Crippen LogP contribution >= 0.6 is 0 Å². The van der Waals surface area contributed by atoms with Crippen molar-refractivity contribution in [3.05, 3.63) is 66.2 Å². The van der Waals surface area contributed by atoms with Gasteiger partial charge in [-0.05, 0) is 24.3 Å². The lowest BCUT2D eigenvalue weighted by Crippen LogP contribution is -2.34.